The lowest BCUT2D eigenvalue weighted by molar-refractivity contribution is -0.384. The zero-order chi connectivity index (χ0) is 20.2. The average Bonchev–Trinajstić information content (AvgIpc) is 2.61. The number of non-ortho nitro benzene ring substituents is 1. The Labute approximate surface area is 158 Å². The lowest BCUT2D eigenvalue weighted by Gasteiger charge is -2.21. The second-order valence-electron chi connectivity index (χ2n) is 7.17. The van der Waals surface area contributed by atoms with E-state index in [1.807, 2.05) is 18.2 Å². The van der Waals surface area contributed by atoms with Gasteiger partial charge in [-0.25, -0.2) is 0 Å². The van der Waals surface area contributed by atoms with Gasteiger partial charge in [0.25, 0.3) is 11.6 Å². The lowest BCUT2D eigenvalue weighted by atomic mass is 9.87. The number of nitrogens with zero attached hydrogens (tertiary/aromatic N) is 1. The zero-order valence-electron chi connectivity index (χ0n) is 16.1. The topological polar surface area (TPSA) is 90.7 Å². The molecule has 0 spiro atoms. The fourth-order valence-electron chi connectivity index (χ4n) is 2.44. The molecule has 0 saturated carbocycles. The van der Waals surface area contributed by atoms with Crippen LogP contribution in [0.4, 0.5) is 11.4 Å². The standard InChI is InChI=1S/C20H24N2O5/c1-13(27-16-8-6-7-14(11-16)20(2,3)4)19(23)21-17-12-15(22(24)25)9-10-18(17)26-5/h6-13H,1-5H3,(H,21,23). The van der Waals surface area contributed by atoms with Gasteiger partial charge in [0.2, 0.25) is 0 Å². The molecule has 1 amide bonds. The number of rotatable bonds is 6. The fourth-order valence-corrected chi connectivity index (χ4v) is 2.44. The molecule has 1 unspecified atom stereocenters. The summed E-state index contributed by atoms with van der Waals surface area (Å²) in [5.74, 6) is 0.474. The van der Waals surface area contributed by atoms with Gasteiger partial charge in [-0.1, -0.05) is 32.9 Å². The van der Waals surface area contributed by atoms with Crippen molar-refractivity contribution in [2.24, 2.45) is 0 Å². The first-order valence-electron chi connectivity index (χ1n) is 8.52. The summed E-state index contributed by atoms with van der Waals surface area (Å²) in [6.07, 6.45) is -0.802. The quantitative estimate of drug-likeness (QED) is 0.603. The summed E-state index contributed by atoms with van der Waals surface area (Å²) in [5.41, 5.74) is 1.13. The Morgan fingerprint density at radius 1 is 1.19 bits per heavy atom. The number of hydrogen-bond donors (Lipinski definition) is 1. The Morgan fingerprint density at radius 2 is 1.89 bits per heavy atom. The van der Waals surface area contributed by atoms with Crippen LogP contribution in [0.5, 0.6) is 11.5 Å². The van der Waals surface area contributed by atoms with Crippen LogP contribution >= 0.6 is 0 Å². The molecule has 2 aromatic carbocycles. The highest BCUT2D eigenvalue weighted by Gasteiger charge is 2.20. The van der Waals surface area contributed by atoms with Crippen molar-refractivity contribution in [3.8, 4) is 11.5 Å². The van der Waals surface area contributed by atoms with Crippen LogP contribution in [-0.2, 0) is 10.2 Å². The molecule has 0 saturated heterocycles. The second kappa shape index (κ2) is 8.07. The van der Waals surface area contributed by atoms with Gasteiger partial charge in [0, 0.05) is 12.1 Å². The number of hydrogen-bond acceptors (Lipinski definition) is 5. The van der Waals surface area contributed by atoms with Gasteiger partial charge in [-0.3, -0.25) is 14.9 Å². The third-order valence-electron chi connectivity index (χ3n) is 4.03. The Kier molecular flexibility index (Phi) is 6.05. The van der Waals surface area contributed by atoms with Crippen molar-refractivity contribution >= 4 is 17.3 Å². The molecule has 0 aliphatic heterocycles. The number of carbonyl (C=O) groups is 1. The molecule has 27 heavy (non-hydrogen) atoms. The molecule has 2 aromatic rings. The van der Waals surface area contributed by atoms with E-state index in [9.17, 15) is 14.9 Å². The molecule has 0 bridgehead atoms. The number of benzene rings is 2. The summed E-state index contributed by atoms with van der Waals surface area (Å²) in [6, 6.07) is 11.6. The van der Waals surface area contributed by atoms with Gasteiger partial charge in [0.15, 0.2) is 6.10 Å². The van der Waals surface area contributed by atoms with Crippen LogP contribution in [0.2, 0.25) is 0 Å². The molecule has 7 heteroatoms. The molecule has 1 N–H and O–H groups in total. The highest BCUT2D eigenvalue weighted by Crippen LogP contribution is 2.29. The minimum Gasteiger partial charge on any atom is -0.495 e. The first-order chi connectivity index (χ1) is 12.6. The molecular formula is C20H24N2O5. The number of ether oxygens (including phenoxy) is 2. The summed E-state index contributed by atoms with van der Waals surface area (Å²) in [4.78, 5) is 22.9. The number of amides is 1. The van der Waals surface area contributed by atoms with Crippen LogP contribution in [-0.4, -0.2) is 24.0 Å². The van der Waals surface area contributed by atoms with E-state index in [0.29, 0.717) is 11.5 Å². The van der Waals surface area contributed by atoms with Crippen LogP contribution in [0.1, 0.15) is 33.3 Å². The zero-order valence-corrected chi connectivity index (χ0v) is 16.1. The lowest BCUT2D eigenvalue weighted by Crippen LogP contribution is -2.30. The van der Waals surface area contributed by atoms with E-state index in [0.717, 1.165) is 5.56 Å². The van der Waals surface area contributed by atoms with E-state index in [1.165, 1.54) is 25.3 Å². The predicted octanol–water partition coefficient (Wildman–Crippen LogP) is 4.31. The van der Waals surface area contributed by atoms with Crippen LogP contribution in [0.3, 0.4) is 0 Å². The van der Waals surface area contributed by atoms with E-state index in [4.69, 9.17) is 9.47 Å². The van der Waals surface area contributed by atoms with Gasteiger partial charge in [0.05, 0.1) is 17.7 Å². The fraction of sp³-hybridized carbons (Fsp3) is 0.350. The molecule has 7 nitrogen and oxygen atoms in total. The number of nitro benzene ring substituents is 1. The largest absolute Gasteiger partial charge is 0.495 e. The van der Waals surface area contributed by atoms with Gasteiger partial charge in [-0.15, -0.1) is 0 Å². The molecule has 0 radical (unpaired) electrons. The first-order valence-corrected chi connectivity index (χ1v) is 8.52. The predicted molar refractivity (Wildman–Crippen MR) is 104 cm³/mol. The molecule has 0 aliphatic rings. The van der Waals surface area contributed by atoms with Crippen molar-refractivity contribution in [2.75, 3.05) is 12.4 Å². The van der Waals surface area contributed by atoms with Gasteiger partial charge in [0.1, 0.15) is 11.5 Å². The normalized spacial score (nSPS) is 12.2. The summed E-state index contributed by atoms with van der Waals surface area (Å²) >= 11 is 0. The van der Waals surface area contributed by atoms with Crippen LogP contribution < -0.4 is 14.8 Å². The molecule has 0 fully saturated rings. The van der Waals surface area contributed by atoms with E-state index in [2.05, 4.69) is 26.1 Å². The maximum Gasteiger partial charge on any atom is 0.271 e. The number of methoxy groups -OCH3 is 1. The maximum atomic E-state index is 12.5. The Bertz CT molecular complexity index is 843. The van der Waals surface area contributed by atoms with Crippen LogP contribution in [0, 0.1) is 10.1 Å². The highest BCUT2D eigenvalue weighted by atomic mass is 16.6. The first kappa shape index (κ1) is 20.2. The molecule has 0 heterocycles. The van der Waals surface area contributed by atoms with Gasteiger partial charge < -0.3 is 14.8 Å². The average molecular weight is 372 g/mol. The van der Waals surface area contributed by atoms with Crippen molar-refractivity contribution < 1.29 is 19.2 Å². The van der Waals surface area contributed by atoms with Crippen molar-refractivity contribution in [2.45, 2.75) is 39.2 Å². The minimum absolute atomic E-state index is 0.0405. The van der Waals surface area contributed by atoms with E-state index in [-0.39, 0.29) is 16.8 Å². The smallest absolute Gasteiger partial charge is 0.271 e. The van der Waals surface area contributed by atoms with E-state index in [1.54, 1.807) is 13.0 Å². The summed E-state index contributed by atoms with van der Waals surface area (Å²) < 4.78 is 10.9. The summed E-state index contributed by atoms with van der Waals surface area (Å²) in [6.45, 7) is 7.90. The van der Waals surface area contributed by atoms with Crippen molar-refractivity contribution in [1.82, 2.24) is 0 Å². The van der Waals surface area contributed by atoms with Gasteiger partial charge in [-0.05, 0) is 36.1 Å². The van der Waals surface area contributed by atoms with Crippen molar-refractivity contribution in [3.05, 3.63) is 58.1 Å². The van der Waals surface area contributed by atoms with Crippen LogP contribution in [0.25, 0.3) is 0 Å². The number of nitrogens with one attached hydrogen (secondary N) is 1. The Morgan fingerprint density at radius 3 is 2.48 bits per heavy atom. The van der Waals surface area contributed by atoms with E-state index < -0.39 is 16.9 Å². The number of anilines is 1. The molecule has 0 aliphatic carbocycles. The van der Waals surface area contributed by atoms with Crippen molar-refractivity contribution in [1.29, 1.82) is 0 Å². The third kappa shape index (κ3) is 5.20. The molecule has 0 aromatic heterocycles. The maximum absolute atomic E-state index is 12.5. The third-order valence-corrected chi connectivity index (χ3v) is 4.03. The molecule has 1 atom stereocenters. The van der Waals surface area contributed by atoms with Gasteiger partial charge >= 0.3 is 0 Å². The number of nitro groups is 1. The summed E-state index contributed by atoms with van der Waals surface area (Å²) in [5, 5.41) is 13.6. The van der Waals surface area contributed by atoms with Gasteiger partial charge in [-0.2, -0.15) is 0 Å². The van der Waals surface area contributed by atoms with Crippen LogP contribution in [0.15, 0.2) is 42.5 Å². The minimum atomic E-state index is -0.802. The Hall–Kier alpha value is -3.09. The second-order valence-corrected chi connectivity index (χ2v) is 7.17. The van der Waals surface area contributed by atoms with Crippen molar-refractivity contribution in [3.63, 3.8) is 0 Å². The molecule has 144 valence electrons. The highest BCUT2D eigenvalue weighted by molar-refractivity contribution is 5.95. The van der Waals surface area contributed by atoms with E-state index >= 15 is 0 Å². The summed E-state index contributed by atoms with van der Waals surface area (Å²) in [7, 11) is 1.43. The number of carbonyl (C=O) groups excluding carboxylic acids is 1. The Balaban J connectivity index is 2.15. The molecular weight excluding hydrogens is 348 g/mol. The monoisotopic (exact) mass is 372 g/mol. The molecule has 2 rings (SSSR count). The SMILES string of the molecule is COc1ccc([N+](=O)[O-])cc1NC(=O)C(C)Oc1cccc(C(C)(C)C)c1.